The zero-order valence-corrected chi connectivity index (χ0v) is 11.4. The Morgan fingerprint density at radius 2 is 2.12 bits per heavy atom. The lowest BCUT2D eigenvalue weighted by atomic mass is 10.2. The van der Waals surface area contributed by atoms with Crippen LogP contribution in [0.25, 0.3) is 0 Å². The smallest absolute Gasteiger partial charge is 0.404 e. The minimum atomic E-state index is -4.76. The molecule has 0 fully saturated rings. The first-order valence-corrected chi connectivity index (χ1v) is 6.18. The Hall–Kier alpha value is -0.0900. The molecule has 0 bridgehead atoms. The fourth-order valence-electron chi connectivity index (χ4n) is 1.05. The summed E-state index contributed by atoms with van der Waals surface area (Å²) in [5.74, 6) is -0.316. The Balaban J connectivity index is 3.23. The lowest BCUT2D eigenvalue weighted by Gasteiger charge is -2.15. The molecule has 0 aliphatic heterocycles. The van der Waals surface area contributed by atoms with Crippen LogP contribution in [0, 0.1) is 3.57 Å². The van der Waals surface area contributed by atoms with Crippen molar-refractivity contribution >= 4 is 38.5 Å². The van der Waals surface area contributed by atoms with E-state index >= 15 is 0 Å². The van der Waals surface area contributed by atoms with E-state index in [4.69, 9.17) is 5.11 Å². The molecule has 0 saturated carbocycles. The Labute approximate surface area is 111 Å². The second-order valence-electron chi connectivity index (χ2n) is 2.70. The molecule has 1 aromatic heterocycles. The molecule has 0 spiro atoms. The highest BCUT2D eigenvalue weighted by Gasteiger charge is 2.33. The molecule has 0 aromatic carbocycles. The number of hydrogen-bond acceptors (Lipinski definition) is 3. The quantitative estimate of drug-likeness (QED) is 0.614. The molecule has 8 heteroatoms. The topological polar surface area (TPSA) is 42.4 Å². The molecule has 0 amide bonds. The van der Waals surface area contributed by atoms with Crippen LogP contribution in [-0.2, 0) is 11.9 Å². The van der Waals surface area contributed by atoms with Gasteiger partial charge in [-0.2, -0.15) is 0 Å². The van der Waals surface area contributed by atoms with Gasteiger partial charge < -0.3 is 9.84 Å². The third-order valence-electron chi connectivity index (χ3n) is 1.67. The SMILES string of the molecule is OCc1ncc(I)c(OC(F)(F)F)c1CBr. The van der Waals surface area contributed by atoms with Crippen molar-refractivity contribution < 1.29 is 23.0 Å². The Morgan fingerprint density at radius 1 is 1.50 bits per heavy atom. The summed E-state index contributed by atoms with van der Waals surface area (Å²) in [6.07, 6.45) is -3.54. The normalized spacial score (nSPS) is 11.6. The van der Waals surface area contributed by atoms with E-state index in [0.29, 0.717) is 0 Å². The standard InChI is InChI=1S/C8H6BrF3INO2/c9-1-4-6(3-15)14-2-5(13)7(4)16-8(10,11)12/h2,15H,1,3H2. The Bertz CT molecular complexity index is 386. The highest BCUT2D eigenvalue weighted by molar-refractivity contribution is 14.1. The summed E-state index contributed by atoms with van der Waals surface area (Å²) in [5, 5.41) is 9.06. The molecule has 0 unspecified atom stereocenters. The van der Waals surface area contributed by atoms with Gasteiger partial charge in [-0.25, -0.2) is 0 Å². The van der Waals surface area contributed by atoms with E-state index in [-0.39, 0.29) is 25.9 Å². The predicted molar refractivity (Wildman–Crippen MR) is 62.2 cm³/mol. The van der Waals surface area contributed by atoms with Crippen molar-refractivity contribution in [2.45, 2.75) is 18.3 Å². The van der Waals surface area contributed by atoms with Gasteiger partial charge in [-0.05, 0) is 22.6 Å². The number of alkyl halides is 4. The number of aromatic nitrogens is 1. The summed E-state index contributed by atoms with van der Waals surface area (Å²) in [6.45, 7) is -0.438. The Morgan fingerprint density at radius 3 is 2.56 bits per heavy atom. The van der Waals surface area contributed by atoms with Crippen molar-refractivity contribution in [3.05, 3.63) is 21.0 Å². The van der Waals surface area contributed by atoms with Gasteiger partial charge in [0.1, 0.15) is 5.75 Å². The van der Waals surface area contributed by atoms with Crippen LogP contribution in [0.2, 0.25) is 0 Å². The first-order chi connectivity index (χ1) is 7.39. The van der Waals surface area contributed by atoms with Crippen LogP contribution in [0.15, 0.2) is 6.20 Å². The van der Waals surface area contributed by atoms with Crippen molar-refractivity contribution in [3.63, 3.8) is 0 Å². The van der Waals surface area contributed by atoms with E-state index in [2.05, 4.69) is 25.7 Å². The average Bonchev–Trinajstić information content (AvgIpc) is 2.19. The highest BCUT2D eigenvalue weighted by atomic mass is 127. The monoisotopic (exact) mass is 411 g/mol. The lowest BCUT2D eigenvalue weighted by Crippen LogP contribution is -2.19. The van der Waals surface area contributed by atoms with E-state index in [1.165, 1.54) is 6.20 Å². The molecule has 1 N–H and O–H groups in total. The van der Waals surface area contributed by atoms with Crippen LogP contribution in [0.4, 0.5) is 13.2 Å². The van der Waals surface area contributed by atoms with Gasteiger partial charge in [0, 0.05) is 17.1 Å². The molecule has 16 heavy (non-hydrogen) atoms. The second-order valence-corrected chi connectivity index (χ2v) is 4.42. The molecule has 3 nitrogen and oxygen atoms in total. The van der Waals surface area contributed by atoms with Crippen LogP contribution in [-0.4, -0.2) is 16.5 Å². The van der Waals surface area contributed by atoms with Crippen molar-refractivity contribution in [2.24, 2.45) is 0 Å². The van der Waals surface area contributed by atoms with Gasteiger partial charge in [0.25, 0.3) is 0 Å². The number of aliphatic hydroxyl groups is 1. The van der Waals surface area contributed by atoms with Crippen molar-refractivity contribution in [2.75, 3.05) is 0 Å². The molecule has 0 atom stereocenters. The van der Waals surface area contributed by atoms with Gasteiger partial charge in [0.15, 0.2) is 0 Å². The number of nitrogens with zero attached hydrogens (tertiary/aromatic N) is 1. The zero-order chi connectivity index (χ0) is 12.3. The fraction of sp³-hybridized carbons (Fsp3) is 0.375. The predicted octanol–water partition coefficient (Wildman–Crippen LogP) is 2.97. The van der Waals surface area contributed by atoms with Gasteiger partial charge in [0.05, 0.1) is 15.9 Å². The van der Waals surface area contributed by atoms with Crippen molar-refractivity contribution in [1.82, 2.24) is 4.98 Å². The number of hydrogen-bond donors (Lipinski definition) is 1. The van der Waals surface area contributed by atoms with Gasteiger partial charge in [0.2, 0.25) is 0 Å². The van der Waals surface area contributed by atoms with Crippen LogP contribution in [0.3, 0.4) is 0 Å². The fourth-order valence-corrected chi connectivity index (χ4v) is 2.20. The molecule has 0 aliphatic rings. The van der Waals surface area contributed by atoms with E-state index in [1.54, 1.807) is 22.6 Å². The maximum Gasteiger partial charge on any atom is 0.573 e. The zero-order valence-electron chi connectivity index (χ0n) is 7.68. The molecule has 1 rings (SSSR count). The number of rotatable bonds is 3. The lowest BCUT2D eigenvalue weighted by molar-refractivity contribution is -0.275. The Kier molecular flexibility index (Phi) is 4.80. The second kappa shape index (κ2) is 5.50. The van der Waals surface area contributed by atoms with E-state index in [0.717, 1.165) is 0 Å². The largest absolute Gasteiger partial charge is 0.573 e. The summed E-state index contributed by atoms with van der Waals surface area (Å²) in [6, 6.07) is 0. The molecule has 0 aliphatic carbocycles. The van der Waals surface area contributed by atoms with E-state index in [1.807, 2.05) is 0 Å². The minimum Gasteiger partial charge on any atom is -0.404 e. The maximum atomic E-state index is 12.1. The van der Waals surface area contributed by atoms with Gasteiger partial charge in [-0.3, -0.25) is 4.98 Å². The average molecular weight is 412 g/mol. The molecular formula is C8H6BrF3INO2. The first-order valence-electron chi connectivity index (χ1n) is 3.98. The van der Waals surface area contributed by atoms with Crippen LogP contribution >= 0.6 is 38.5 Å². The van der Waals surface area contributed by atoms with Crippen LogP contribution in [0.5, 0.6) is 5.75 Å². The summed E-state index contributed by atoms with van der Waals surface area (Å²) < 4.78 is 40.6. The van der Waals surface area contributed by atoms with Gasteiger partial charge >= 0.3 is 6.36 Å². The van der Waals surface area contributed by atoms with Crippen molar-refractivity contribution in [1.29, 1.82) is 0 Å². The number of halogens is 5. The third-order valence-corrected chi connectivity index (χ3v) is 3.00. The van der Waals surface area contributed by atoms with Crippen LogP contribution in [0.1, 0.15) is 11.3 Å². The van der Waals surface area contributed by atoms with Gasteiger partial charge in [-0.15, -0.1) is 13.2 Å². The third kappa shape index (κ3) is 3.45. The summed E-state index contributed by atoms with van der Waals surface area (Å²) >= 11 is 4.73. The highest BCUT2D eigenvalue weighted by Crippen LogP contribution is 2.33. The number of pyridine rings is 1. The molecule has 1 aromatic rings. The van der Waals surface area contributed by atoms with E-state index < -0.39 is 13.0 Å². The van der Waals surface area contributed by atoms with E-state index in [9.17, 15) is 13.2 Å². The molecular weight excluding hydrogens is 406 g/mol. The summed E-state index contributed by atoms with van der Waals surface area (Å²) in [5.41, 5.74) is 0.364. The first kappa shape index (κ1) is 14.0. The number of aliphatic hydroxyl groups excluding tert-OH is 1. The summed E-state index contributed by atoms with van der Waals surface area (Å²) in [4.78, 5) is 3.82. The maximum absolute atomic E-state index is 12.1. The molecule has 0 radical (unpaired) electrons. The number of ether oxygens (including phenoxy) is 1. The van der Waals surface area contributed by atoms with Gasteiger partial charge in [-0.1, -0.05) is 15.9 Å². The molecule has 90 valence electrons. The summed E-state index contributed by atoms with van der Waals surface area (Å²) in [7, 11) is 0. The van der Waals surface area contributed by atoms with Crippen LogP contribution < -0.4 is 4.74 Å². The minimum absolute atomic E-state index is 0.123. The van der Waals surface area contributed by atoms with Crippen molar-refractivity contribution in [3.8, 4) is 5.75 Å². The molecule has 1 heterocycles. The molecule has 0 saturated heterocycles.